The summed E-state index contributed by atoms with van der Waals surface area (Å²) in [7, 11) is 0. The van der Waals surface area contributed by atoms with Crippen molar-refractivity contribution in [3.63, 3.8) is 0 Å². The van der Waals surface area contributed by atoms with E-state index >= 15 is 0 Å². The number of urea groups is 1. The fourth-order valence-corrected chi connectivity index (χ4v) is 1.43. The van der Waals surface area contributed by atoms with Crippen molar-refractivity contribution in [2.24, 2.45) is 0 Å². The highest BCUT2D eigenvalue weighted by molar-refractivity contribution is 5.76. The number of aliphatic hydroxyl groups excluding tert-OH is 1. The van der Waals surface area contributed by atoms with E-state index in [-0.39, 0.29) is 12.6 Å². The number of aliphatic hydroxyl groups is 1. The van der Waals surface area contributed by atoms with E-state index in [4.69, 9.17) is 10.2 Å². The van der Waals surface area contributed by atoms with Crippen LogP contribution >= 0.6 is 0 Å². The topological polar surface area (TPSA) is 102 Å². The summed E-state index contributed by atoms with van der Waals surface area (Å²) in [5, 5.41) is 22.9. The molecule has 0 aliphatic carbocycles. The molecular formula is C9H17N3O4. The molecule has 7 nitrogen and oxygen atoms in total. The number of hydrogen-bond acceptors (Lipinski definition) is 4. The summed E-state index contributed by atoms with van der Waals surface area (Å²) in [4.78, 5) is 23.5. The normalized spacial score (nSPS) is 18.7. The first-order valence-electron chi connectivity index (χ1n) is 5.25. The number of aliphatic carboxylic acids is 1. The molecule has 0 saturated carbocycles. The fourth-order valence-electron chi connectivity index (χ4n) is 1.43. The third kappa shape index (κ3) is 4.03. The Balaban J connectivity index is 2.30. The first-order chi connectivity index (χ1) is 7.61. The second-order valence-corrected chi connectivity index (χ2v) is 3.63. The van der Waals surface area contributed by atoms with Crippen molar-refractivity contribution in [3.8, 4) is 0 Å². The Hall–Kier alpha value is -1.34. The highest BCUT2D eigenvalue weighted by atomic mass is 16.4. The van der Waals surface area contributed by atoms with Crippen molar-refractivity contribution in [3.05, 3.63) is 0 Å². The van der Waals surface area contributed by atoms with Crippen LogP contribution in [0, 0.1) is 0 Å². The van der Waals surface area contributed by atoms with Gasteiger partial charge in [0.25, 0.3) is 0 Å². The van der Waals surface area contributed by atoms with Crippen molar-refractivity contribution in [1.29, 1.82) is 0 Å². The van der Waals surface area contributed by atoms with E-state index in [0.29, 0.717) is 13.1 Å². The molecule has 16 heavy (non-hydrogen) atoms. The molecule has 4 N–H and O–H groups in total. The molecule has 1 aliphatic heterocycles. The van der Waals surface area contributed by atoms with Crippen LogP contribution < -0.4 is 10.6 Å². The maximum absolute atomic E-state index is 11.6. The predicted octanol–water partition coefficient (Wildman–Crippen LogP) is -1.56. The predicted molar refractivity (Wildman–Crippen MR) is 56.1 cm³/mol. The van der Waals surface area contributed by atoms with Crippen molar-refractivity contribution < 1.29 is 19.8 Å². The number of hydrogen-bond donors (Lipinski definition) is 4. The minimum atomic E-state index is -1.55. The van der Waals surface area contributed by atoms with Gasteiger partial charge < -0.3 is 25.7 Å². The Bertz CT molecular complexity index is 251. The van der Waals surface area contributed by atoms with Crippen LogP contribution in [0.25, 0.3) is 0 Å². The average molecular weight is 231 g/mol. The van der Waals surface area contributed by atoms with E-state index in [1.54, 1.807) is 4.90 Å². The lowest BCUT2D eigenvalue weighted by Crippen LogP contribution is -2.45. The highest BCUT2D eigenvalue weighted by Gasteiger charge is 2.18. The molecule has 0 aromatic heterocycles. The third-order valence-electron chi connectivity index (χ3n) is 2.36. The van der Waals surface area contributed by atoms with Crippen LogP contribution in [-0.4, -0.2) is 65.9 Å². The summed E-state index contributed by atoms with van der Waals surface area (Å²) >= 11 is 0. The Kier molecular flexibility index (Phi) is 5.00. The number of rotatable bonds is 3. The Morgan fingerprint density at radius 1 is 1.38 bits per heavy atom. The number of carboxylic acids is 1. The fraction of sp³-hybridized carbons (Fsp3) is 0.778. The van der Waals surface area contributed by atoms with Crippen molar-refractivity contribution in [1.82, 2.24) is 15.5 Å². The van der Waals surface area contributed by atoms with Gasteiger partial charge in [-0.25, -0.2) is 9.59 Å². The van der Waals surface area contributed by atoms with Crippen LogP contribution in [0.15, 0.2) is 0 Å². The Morgan fingerprint density at radius 2 is 2.12 bits per heavy atom. The summed E-state index contributed by atoms with van der Waals surface area (Å²) in [6, 6.07) is -0.330. The molecule has 7 heteroatoms. The van der Waals surface area contributed by atoms with E-state index in [1.807, 2.05) is 0 Å². The first kappa shape index (κ1) is 12.7. The van der Waals surface area contributed by atoms with E-state index in [1.165, 1.54) is 0 Å². The average Bonchev–Trinajstić information content (AvgIpc) is 2.53. The number of nitrogens with one attached hydrogen (secondary N) is 2. The molecule has 0 aromatic carbocycles. The minimum Gasteiger partial charge on any atom is -0.479 e. The van der Waals surface area contributed by atoms with Crippen LogP contribution in [0.1, 0.15) is 6.42 Å². The quantitative estimate of drug-likeness (QED) is 0.470. The zero-order valence-corrected chi connectivity index (χ0v) is 8.98. The number of carbonyl (C=O) groups is 2. The molecule has 0 radical (unpaired) electrons. The monoisotopic (exact) mass is 231 g/mol. The summed E-state index contributed by atoms with van der Waals surface area (Å²) in [6.07, 6.45) is -0.677. The molecule has 1 saturated heterocycles. The summed E-state index contributed by atoms with van der Waals surface area (Å²) in [5.41, 5.74) is 0. The van der Waals surface area contributed by atoms with Gasteiger partial charge in [0.2, 0.25) is 0 Å². The van der Waals surface area contributed by atoms with Gasteiger partial charge in [-0.3, -0.25) is 0 Å². The largest absolute Gasteiger partial charge is 0.479 e. The number of carboxylic acid groups (broad SMARTS) is 1. The van der Waals surface area contributed by atoms with Gasteiger partial charge in [-0.05, 0) is 13.0 Å². The standard InChI is InChI=1S/C9H17N3O4/c13-7(8(14)15)6-11-9(16)12-4-1-2-10-3-5-12/h7,10,13H,1-6H2,(H,11,16)(H,14,15)/t7-/m0/s1. The molecule has 92 valence electrons. The van der Waals surface area contributed by atoms with Gasteiger partial charge in [0.05, 0.1) is 6.54 Å². The molecule has 1 rings (SSSR count). The summed E-state index contributed by atoms with van der Waals surface area (Å²) in [5.74, 6) is -1.34. The summed E-state index contributed by atoms with van der Waals surface area (Å²) < 4.78 is 0. The van der Waals surface area contributed by atoms with Crippen molar-refractivity contribution in [2.75, 3.05) is 32.7 Å². The number of carbonyl (C=O) groups excluding carboxylic acids is 1. The lowest BCUT2D eigenvalue weighted by atomic mass is 10.3. The van der Waals surface area contributed by atoms with E-state index in [0.717, 1.165) is 19.5 Å². The van der Waals surface area contributed by atoms with Crippen molar-refractivity contribution in [2.45, 2.75) is 12.5 Å². The highest BCUT2D eigenvalue weighted by Crippen LogP contribution is 1.95. The summed E-state index contributed by atoms with van der Waals surface area (Å²) in [6.45, 7) is 2.57. The molecule has 0 bridgehead atoms. The number of nitrogens with zero attached hydrogens (tertiary/aromatic N) is 1. The van der Waals surface area contributed by atoms with Crippen LogP contribution in [0.5, 0.6) is 0 Å². The molecule has 1 aliphatic rings. The van der Waals surface area contributed by atoms with Crippen LogP contribution in [0.3, 0.4) is 0 Å². The van der Waals surface area contributed by atoms with E-state index < -0.39 is 12.1 Å². The van der Waals surface area contributed by atoms with Gasteiger partial charge in [0.1, 0.15) is 0 Å². The second-order valence-electron chi connectivity index (χ2n) is 3.63. The minimum absolute atomic E-state index is 0.266. The van der Waals surface area contributed by atoms with Crippen molar-refractivity contribution >= 4 is 12.0 Å². The molecule has 1 fully saturated rings. The van der Waals surface area contributed by atoms with Crippen LogP contribution in [-0.2, 0) is 4.79 Å². The molecule has 2 amide bonds. The SMILES string of the molecule is O=C(O)[C@@H](O)CNC(=O)N1CCCNCC1. The smallest absolute Gasteiger partial charge is 0.334 e. The molecule has 0 unspecified atom stereocenters. The Morgan fingerprint density at radius 3 is 2.81 bits per heavy atom. The molecule has 1 atom stereocenters. The van der Waals surface area contributed by atoms with Crippen LogP contribution in [0.2, 0.25) is 0 Å². The van der Waals surface area contributed by atoms with Gasteiger partial charge in [-0.2, -0.15) is 0 Å². The first-order valence-corrected chi connectivity index (χ1v) is 5.25. The number of amides is 2. The van der Waals surface area contributed by atoms with Gasteiger partial charge in [-0.15, -0.1) is 0 Å². The molecule has 1 heterocycles. The van der Waals surface area contributed by atoms with E-state index in [2.05, 4.69) is 10.6 Å². The van der Waals surface area contributed by atoms with Gasteiger partial charge in [-0.1, -0.05) is 0 Å². The second kappa shape index (κ2) is 6.29. The molecule has 0 aromatic rings. The van der Waals surface area contributed by atoms with Crippen LogP contribution in [0.4, 0.5) is 4.79 Å². The maximum atomic E-state index is 11.6. The Labute approximate surface area is 93.4 Å². The molecular weight excluding hydrogens is 214 g/mol. The zero-order chi connectivity index (χ0) is 12.0. The lowest BCUT2D eigenvalue weighted by Gasteiger charge is -2.20. The van der Waals surface area contributed by atoms with Gasteiger partial charge in [0.15, 0.2) is 6.10 Å². The van der Waals surface area contributed by atoms with Gasteiger partial charge in [0, 0.05) is 19.6 Å². The maximum Gasteiger partial charge on any atom is 0.334 e. The lowest BCUT2D eigenvalue weighted by molar-refractivity contribution is -0.146. The van der Waals surface area contributed by atoms with Gasteiger partial charge >= 0.3 is 12.0 Å². The third-order valence-corrected chi connectivity index (χ3v) is 2.36. The van der Waals surface area contributed by atoms with E-state index in [9.17, 15) is 9.59 Å². The molecule has 0 spiro atoms. The zero-order valence-electron chi connectivity index (χ0n) is 8.98.